The number of H-pyrrole nitrogens is 1. The molecular formula is C13H16N4O3S. The first-order chi connectivity index (χ1) is 9.81. The van der Waals surface area contributed by atoms with E-state index in [1.165, 1.54) is 0 Å². The average Bonchev–Trinajstić information content (AvgIpc) is 2.77. The van der Waals surface area contributed by atoms with Gasteiger partial charge in [-0.1, -0.05) is 12.1 Å². The molecule has 0 unspecified atom stereocenters. The van der Waals surface area contributed by atoms with Crippen molar-refractivity contribution in [3.05, 3.63) is 46.8 Å². The molecule has 0 atom stereocenters. The fourth-order valence-corrected chi connectivity index (χ4v) is 3.41. The normalized spacial score (nSPS) is 11.5. The number of hydrogen-bond donors (Lipinski definition) is 3. The average molecular weight is 308 g/mol. The van der Waals surface area contributed by atoms with Crippen LogP contribution in [0.25, 0.3) is 0 Å². The van der Waals surface area contributed by atoms with Gasteiger partial charge in [0.2, 0.25) is 15.9 Å². The van der Waals surface area contributed by atoms with Crippen molar-refractivity contribution in [2.45, 2.75) is 25.3 Å². The highest BCUT2D eigenvalue weighted by atomic mass is 32.2. The third kappa shape index (κ3) is 3.29. The molecule has 2 rings (SSSR count). The minimum Gasteiger partial charge on any atom is -0.366 e. The van der Waals surface area contributed by atoms with Crippen molar-refractivity contribution in [3.63, 3.8) is 0 Å². The Morgan fingerprint density at radius 3 is 2.67 bits per heavy atom. The summed E-state index contributed by atoms with van der Waals surface area (Å²) in [5, 5.41) is 6.50. The smallest absolute Gasteiger partial charge is 0.248 e. The van der Waals surface area contributed by atoms with Crippen LogP contribution in [0.5, 0.6) is 0 Å². The second-order valence-corrected chi connectivity index (χ2v) is 6.36. The van der Waals surface area contributed by atoms with E-state index in [2.05, 4.69) is 14.9 Å². The zero-order chi connectivity index (χ0) is 15.6. The number of sulfonamides is 1. The number of nitrogens with zero attached hydrogens (tertiary/aromatic N) is 1. The molecule has 0 saturated heterocycles. The Morgan fingerprint density at radius 2 is 2.10 bits per heavy atom. The number of nitrogens with two attached hydrogens (primary N) is 1. The van der Waals surface area contributed by atoms with Gasteiger partial charge in [0.1, 0.15) is 4.90 Å². The van der Waals surface area contributed by atoms with Crippen molar-refractivity contribution >= 4 is 15.9 Å². The van der Waals surface area contributed by atoms with Gasteiger partial charge in [-0.25, -0.2) is 13.1 Å². The number of aromatic amines is 1. The largest absolute Gasteiger partial charge is 0.366 e. The van der Waals surface area contributed by atoms with E-state index in [0.29, 0.717) is 22.5 Å². The monoisotopic (exact) mass is 308 g/mol. The van der Waals surface area contributed by atoms with Crippen LogP contribution < -0.4 is 10.5 Å². The lowest BCUT2D eigenvalue weighted by atomic mass is 10.1. The summed E-state index contributed by atoms with van der Waals surface area (Å²) in [6.07, 6.45) is 0. The van der Waals surface area contributed by atoms with E-state index in [9.17, 15) is 13.2 Å². The predicted molar refractivity (Wildman–Crippen MR) is 77.0 cm³/mol. The van der Waals surface area contributed by atoms with Crippen LogP contribution in [0.15, 0.2) is 29.2 Å². The van der Waals surface area contributed by atoms with Crippen LogP contribution >= 0.6 is 0 Å². The van der Waals surface area contributed by atoms with Crippen molar-refractivity contribution in [3.8, 4) is 0 Å². The molecule has 1 aromatic heterocycles. The third-order valence-corrected chi connectivity index (χ3v) is 4.67. The molecule has 0 aliphatic carbocycles. The molecule has 7 nitrogen and oxygen atoms in total. The standard InChI is InChI=1S/C13H16N4O3S/c1-8-12(9(2)17-16-8)21(19,20)15-7-10-4-3-5-11(6-10)13(14)18/h3-6,15H,7H2,1-2H3,(H2,14,18)(H,16,17). The van der Waals surface area contributed by atoms with Gasteiger partial charge in [0.15, 0.2) is 0 Å². The van der Waals surface area contributed by atoms with E-state index in [-0.39, 0.29) is 11.4 Å². The molecule has 112 valence electrons. The molecule has 8 heteroatoms. The van der Waals surface area contributed by atoms with Gasteiger partial charge in [0.05, 0.1) is 11.4 Å². The Labute approximate surface area is 122 Å². The lowest BCUT2D eigenvalue weighted by Gasteiger charge is -2.07. The number of aromatic nitrogens is 2. The second kappa shape index (κ2) is 5.66. The van der Waals surface area contributed by atoms with Crippen molar-refractivity contribution in [1.82, 2.24) is 14.9 Å². The minimum atomic E-state index is -3.67. The number of rotatable bonds is 5. The van der Waals surface area contributed by atoms with Gasteiger partial charge in [-0.2, -0.15) is 5.10 Å². The first-order valence-corrected chi connectivity index (χ1v) is 7.69. The molecule has 0 bridgehead atoms. The third-order valence-electron chi connectivity index (χ3n) is 3.01. The number of carbonyl (C=O) groups excluding carboxylic acids is 1. The van der Waals surface area contributed by atoms with Gasteiger partial charge in [0, 0.05) is 12.1 Å². The molecule has 1 amide bonds. The fraction of sp³-hybridized carbons (Fsp3) is 0.231. The van der Waals surface area contributed by atoms with Gasteiger partial charge in [-0.3, -0.25) is 9.89 Å². The first kappa shape index (κ1) is 15.2. The highest BCUT2D eigenvalue weighted by molar-refractivity contribution is 7.89. The highest BCUT2D eigenvalue weighted by Gasteiger charge is 2.21. The molecule has 0 radical (unpaired) electrons. The Balaban J connectivity index is 2.20. The molecule has 21 heavy (non-hydrogen) atoms. The van der Waals surface area contributed by atoms with Crippen molar-refractivity contribution in [1.29, 1.82) is 0 Å². The Hall–Kier alpha value is -2.19. The summed E-state index contributed by atoms with van der Waals surface area (Å²) in [5.74, 6) is -0.554. The number of hydrogen-bond acceptors (Lipinski definition) is 4. The number of amides is 1. The molecule has 0 aliphatic rings. The molecule has 0 saturated carbocycles. The van der Waals surface area contributed by atoms with E-state index in [1.54, 1.807) is 38.1 Å². The number of primary amides is 1. The van der Waals surface area contributed by atoms with Gasteiger partial charge in [0.25, 0.3) is 0 Å². The summed E-state index contributed by atoms with van der Waals surface area (Å²) in [5.41, 5.74) is 7.06. The van der Waals surface area contributed by atoms with Crippen LogP contribution in [0.2, 0.25) is 0 Å². The second-order valence-electron chi connectivity index (χ2n) is 4.65. The van der Waals surface area contributed by atoms with Crippen LogP contribution in [0.4, 0.5) is 0 Å². The van der Waals surface area contributed by atoms with Crippen LogP contribution in [-0.2, 0) is 16.6 Å². The zero-order valence-corrected chi connectivity index (χ0v) is 12.5. The predicted octanol–water partition coefficient (Wildman–Crippen LogP) is 0.604. The fourth-order valence-electron chi connectivity index (χ4n) is 2.02. The SMILES string of the molecule is Cc1n[nH]c(C)c1S(=O)(=O)NCc1cccc(C(N)=O)c1. The van der Waals surface area contributed by atoms with Gasteiger partial charge in [-0.15, -0.1) is 0 Å². The van der Waals surface area contributed by atoms with Crippen molar-refractivity contribution < 1.29 is 13.2 Å². The highest BCUT2D eigenvalue weighted by Crippen LogP contribution is 2.16. The maximum absolute atomic E-state index is 12.3. The number of aryl methyl sites for hydroxylation is 2. The van der Waals surface area contributed by atoms with Crippen LogP contribution in [0, 0.1) is 13.8 Å². The van der Waals surface area contributed by atoms with Gasteiger partial charge >= 0.3 is 0 Å². The van der Waals surface area contributed by atoms with E-state index in [0.717, 1.165) is 0 Å². The van der Waals surface area contributed by atoms with Crippen molar-refractivity contribution in [2.24, 2.45) is 5.73 Å². The Bertz CT molecular complexity index is 761. The summed E-state index contributed by atoms with van der Waals surface area (Å²) in [6.45, 7) is 3.32. The lowest BCUT2D eigenvalue weighted by molar-refractivity contribution is 0.1000. The number of nitrogens with one attached hydrogen (secondary N) is 2. The maximum Gasteiger partial charge on any atom is 0.248 e. The molecular weight excluding hydrogens is 292 g/mol. The molecule has 1 heterocycles. The van der Waals surface area contributed by atoms with Crippen molar-refractivity contribution in [2.75, 3.05) is 0 Å². The van der Waals surface area contributed by atoms with E-state index in [4.69, 9.17) is 5.73 Å². The van der Waals surface area contributed by atoms with Gasteiger partial charge in [-0.05, 0) is 31.5 Å². The minimum absolute atomic E-state index is 0.0630. The summed E-state index contributed by atoms with van der Waals surface area (Å²) in [7, 11) is -3.67. The number of carbonyl (C=O) groups is 1. The topological polar surface area (TPSA) is 118 Å². The van der Waals surface area contributed by atoms with Crippen LogP contribution in [-0.4, -0.2) is 24.5 Å². The molecule has 1 aromatic carbocycles. The maximum atomic E-state index is 12.3. The first-order valence-electron chi connectivity index (χ1n) is 6.21. The van der Waals surface area contributed by atoms with E-state index >= 15 is 0 Å². The van der Waals surface area contributed by atoms with E-state index in [1.807, 2.05) is 0 Å². The molecule has 0 spiro atoms. The van der Waals surface area contributed by atoms with E-state index < -0.39 is 15.9 Å². The summed E-state index contributed by atoms with van der Waals surface area (Å²) < 4.78 is 27.0. The molecule has 0 fully saturated rings. The molecule has 0 aliphatic heterocycles. The summed E-state index contributed by atoms with van der Waals surface area (Å²) >= 11 is 0. The van der Waals surface area contributed by atoms with Crippen LogP contribution in [0.1, 0.15) is 27.3 Å². The molecule has 4 N–H and O–H groups in total. The lowest BCUT2D eigenvalue weighted by Crippen LogP contribution is -2.24. The summed E-state index contributed by atoms with van der Waals surface area (Å²) in [6, 6.07) is 6.49. The number of benzene rings is 1. The molecule has 2 aromatic rings. The quantitative estimate of drug-likeness (QED) is 0.749. The Morgan fingerprint density at radius 1 is 1.38 bits per heavy atom. The van der Waals surface area contributed by atoms with Gasteiger partial charge < -0.3 is 5.73 Å². The Kier molecular flexibility index (Phi) is 4.10. The van der Waals surface area contributed by atoms with Crippen LogP contribution in [0.3, 0.4) is 0 Å². The zero-order valence-electron chi connectivity index (χ0n) is 11.7. The summed E-state index contributed by atoms with van der Waals surface area (Å²) in [4.78, 5) is 11.2.